The normalized spacial score (nSPS) is 11.3. The number of aromatic amines is 1. The number of aromatic carboxylic acids is 1. The molecule has 5 aromatic rings. The van der Waals surface area contributed by atoms with Crippen LogP contribution < -0.4 is 0 Å². The Hall–Kier alpha value is -3.56. The molecule has 10 heteroatoms. The van der Waals surface area contributed by atoms with Gasteiger partial charge in [0, 0.05) is 28.9 Å². The van der Waals surface area contributed by atoms with E-state index in [1.165, 1.54) is 11.3 Å². The molecule has 166 valence electrons. The van der Waals surface area contributed by atoms with Crippen LogP contribution in [0.15, 0.2) is 47.8 Å². The number of H-pyrrole nitrogens is 1. The Morgan fingerprint density at radius 2 is 2.00 bits per heavy atom. The molecule has 0 aliphatic rings. The van der Waals surface area contributed by atoms with E-state index in [9.17, 15) is 9.90 Å². The van der Waals surface area contributed by atoms with Crippen LogP contribution in [-0.4, -0.2) is 41.3 Å². The molecule has 3 heterocycles. The molecule has 3 aromatic heterocycles. The lowest BCUT2D eigenvalue weighted by Gasteiger charge is -2.12. The number of hydrogen-bond donors (Lipinski definition) is 2. The summed E-state index contributed by atoms with van der Waals surface area (Å²) in [7, 11) is 0. The molecule has 0 bridgehead atoms. The number of tetrazole rings is 1. The summed E-state index contributed by atoms with van der Waals surface area (Å²) in [6, 6.07) is 13.7. The summed E-state index contributed by atoms with van der Waals surface area (Å²) in [6.07, 6.45) is 1.71. The van der Waals surface area contributed by atoms with Crippen molar-refractivity contribution >= 4 is 39.9 Å². The molecule has 0 aliphatic carbocycles. The highest BCUT2D eigenvalue weighted by atomic mass is 35.5. The number of aryl methyl sites for hydroxylation is 1. The quantitative estimate of drug-likeness (QED) is 0.328. The van der Waals surface area contributed by atoms with Crippen LogP contribution in [0.3, 0.4) is 0 Å². The first-order chi connectivity index (χ1) is 16.0. The number of carbonyl (C=O) groups is 1. The highest BCUT2D eigenvalue weighted by molar-refractivity contribution is 7.13. The summed E-state index contributed by atoms with van der Waals surface area (Å²) in [5.74, 6) is 0.468. The molecule has 0 radical (unpaired) electrons. The van der Waals surface area contributed by atoms with Gasteiger partial charge in [-0.05, 0) is 46.5 Å². The number of carboxylic acid groups (broad SMARTS) is 1. The molecule has 0 saturated carbocycles. The lowest BCUT2D eigenvalue weighted by atomic mass is 9.98. The van der Waals surface area contributed by atoms with Crippen LogP contribution in [0.5, 0.6) is 0 Å². The Kier molecular flexibility index (Phi) is 5.65. The fraction of sp³-hybridized carbons (Fsp3) is 0.174. The van der Waals surface area contributed by atoms with Gasteiger partial charge in [-0.15, -0.1) is 21.5 Å². The SMILES string of the molecule is CCCc1nc2csc(C(=O)O)c2n1Cc1ccc(-c2cc(Cl)ccc2-c2nn[nH]n2)cc1. The second kappa shape index (κ2) is 8.76. The van der Waals surface area contributed by atoms with Crippen molar-refractivity contribution in [2.45, 2.75) is 26.3 Å². The maximum absolute atomic E-state index is 11.7. The Morgan fingerprint density at radius 3 is 2.70 bits per heavy atom. The molecule has 2 N–H and O–H groups in total. The van der Waals surface area contributed by atoms with E-state index in [0.29, 0.717) is 27.8 Å². The average Bonchev–Trinajstić information content (AvgIpc) is 3.53. The predicted octanol–water partition coefficient (Wildman–Crippen LogP) is 5.30. The highest BCUT2D eigenvalue weighted by Crippen LogP contribution is 2.33. The number of nitrogens with zero attached hydrogens (tertiary/aromatic N) is 5. The summed E-state index contributed by atoms with van der Waals surface area (Å²) < 4.78 is 2.03. The number of thiophene rings is 1. The number of benzene rings is 2. The standard InChI is InChI=1S/C23H19ClN6O2S/c1-2-3-19-25-18-12-33-21(23(31)32)20(18)30(19)11-13-4-6-14(7-5-13)17-10-15(24)8-9-16(17)22-26-28-29-27-22/h4-10,12H,2-3,11H2,1H3,(H,31,32)(H,26,27,28,29). The summed E-state index contributed by atoms with van der Waals surface area (Å²) in [4.78, 5) is 16.8. The molecule has 0 saturated heterocycles. The minimum atomic E-state index is -0.926. The summed E-state index contributed by atoms with van der Waals surface area (Å²) in [5.41, 5.74) is 5.16. The molecule has 0 aliphatic heterocycles. The zero-order valence-electron chi connectivity index (χ0n) is 17.6. The number of fused-ring (bicyclic) bond motifs is 1. The number of halogens is 1. The van der Waals surface area contributed by atoms with Gasteiger partial charge in [-0.3, -0.25) is 0 Å². The molecule has 2 aromatic carbocycles. The van der Waals surface area contributed by atoms with Crippen LogP contribution >= 0.6 is 22.9 Å². The zero-order chi connectivity index (χ0) is 22.9. The number of hydrogen-bond acceptors (Lipinski definition) is 6. The maximum atomic E-state index is 11.7. The van der Waals surface area contributed by atoms with Crippen LogP contribution in [0.2, 0.25) is 5.02 Å². The van der Waals surface area contributed by atoms with Crippen molar-refractivity contribution in [2.75, 3.05) is 0 Å². The van der Waals surface area contributed by atoms with E-state index in [2.05, 4.69) is 32.5 Å². The molecular formula is C23H19ClN6O2S. The van der Waals surface area contributed by atoms with E-state index >= 15 is 0 Å². The average molecular weight is 479 g/mol. The molecular weight excluding hydrogens is 460 g/mol. The predicted molar refractivity (Wildman–Crippen MR) is 128 cm³/mol. The van der Waals surface area contributed by atoms with Crippen molar-refractivity contribution in [1.29, 1.82) is 0 Å². The largest absolute Gasteiger partial charge is 0.477 e. The fourth-order valence-electron chi connectivity index (χ4n) is 3.95. The molecule has 0 fully saturated rings. The van der Waals surface area contributed by atoms with Gasteiger partial charge in [0.1, 0.15) is 16.2 Å². The smallest absolute Gasteiger partial charge is 0.348 e. The third-order valence-electron chi connectivity index (χ3n) is 5.42. The number of carboxylic acids is 1. The van der Waals surface area contributed by atoms with Crippen molar-refractivity contribution in [3.8, 4) is 22.5 Å². The monoisotopic (exact) mass is 478 g/mol. The van der Waals surface area contributed by atoms with E-state index in [1.807, 2.05) is 46.3 Å². The van der Waals surface area contributed by atoms with E-state index in [-0.39, 0.29) is 0 Å². The van der Waals surface area contributed by atoms with Gasteiger partial charge < -0.3 is 9.67 Å². The lowest BCUT2D eigenvalue weighted by Crippen LogP contribution is -2.07. The van der Waals surface area contributed by atoms with Crippen molar-refractivity contribution in [3.05, 3.63) is 69.1 Å². The van der Waals surface area contributed by atoms with Crippen LogP contribution in [0.1, 0.15) is 34.4 Å². The van der Waals surface area contributed by atoms with E-state index in [4.69, 9.17) is 11.6 Å². The third kappa shape index (κ3) is 4.01. The first-order valence-corrected chi connectivity index (χ1v) is 11.6. The minimum Gasteiger partial charge on any atom is -0.477 e. The lowest BCUT2D eigenvalue weighted by molar-refractivity contribution is 0.0703. The van der Waals surface area contributed by atoms with Crippen molar-refractivity contribution in [2.24, 2.45) is 0 Å². The molecule has 33 heavy (non-hydrogen) atoms. The highest BCUT2D eigenvalue weighted by Gasteiger charge is 2.20. The molecule has 8 nitrogen and oxygen atoms in total. The van der Waals surface area contributed by atoms with Crippen LogP contribution in [0.25, 0.3) is 33.5 Å². The first kappa shape index (κ1) is 21.3. The fourth-order valence-corrected chi connectivity index (χ4v) is 4.94. The van der Waals surface area contributed by atoms with Gasteiger partial charge in [0.15, 0.2) is 0 Å². The van der Waals surface area contributed by atoms with E-state index < -0.39 is 5.97 Å². The molecule has 0 amide bonds. The molecule has 5 rings (SSSR count). The third-order valence-corrected chi connectivity index (χ3v) is 6.60. The molecule has 0 spiro atoms. The van der Waals surface area contributed by atoms with Crippen molar-refractivity contribution in [3.63, 3.8) is 0 Å². The second-order valence-corrected chi connectivity index (χ2v) is 8.91. The van der Waals surface area contributed by atoms with Gasteiger partial charge >= 0.3 is 5.97 Å². The van der Waals surface area contributed by atoms with Gasteiger partial charge in [0.25, 0.3) is 0 Å². The first-order valence-electron chi connectivity index (χ1n) is 10.4. The minimum absolute atomic E-state index is 0.320. The number of rotatable bonds is 7. The van der Waals surface area contributed by atoms with Gasteiger partial charge in [-0.2, -0.15) is 5.21 Å². The van der Waals surface area contributed by atoms with Gasteiger partial charge in [0.2, 0.25) is 5.82 Å². The Labute approximate surface area is 197 Å². The maximum Gasteiger partial charge on any atom is 0.348 e. The molecule has 0 atom stereocenters. The zero-order valence-corrected chi connectivity index (χ0v) is 19.2. The Bertz CT molecular complexity index is 1440. The Morgan fingerprint density at radius 1 is 1.18 bits per heavy atom. The summed E-state index contributed by atoms with van der Waals surface area (Å²) in [6.45, 7) is 2.63. The Balaban J connectivity index is 1.52. The number of nitrogens with one attached hydrogen (secondary N) is 1. The van der Waals surface area contributed by atoms with Gasteiger partial charge in [-0.1, -0.05) is 42.8 Å². The molecule has 0 unspecified atom stereocenters. The topological polar surface area (TPSA) is 110 Å². The van der Waals surface area contributed by atoms with Crippen LogP contribution in [0, 0.1) is 0 Å². The second-order valence-electron chi connectivity index (χ2n) is 7.59. The van der Waals surface area contributed by atoms with Crippen molar-refractivity contribution < 1.29 is 9.90 Å². The van der Waals surface area contributed by atoms with E-state index in [1.54, 1.807) is 6.07 Å². The van der Waals surface area contributed by atoms with E-state index in [0.717, 1.165) is 46.4 Å². The summed E-state index contributed by atoms with van der Waals surface area (Å²) >= 11 is 7.48. The van der Waals surface area contributed by atoms with Gasteiger partial charge in [0.05, 0.1) is 5.52 Å². The number of aromatic nitrogens is 6. The summed E-state index contributed by atoms with van der Waals surface area (Å²) in [5, 5.41) is 26.4. The van der Waals surface area contributed by atoms with Crippen LogP contribution in [0.4, 0.5) is 0 Å². The van der Waals surface area contributed by atoms with Crippen molar-refractivity contribution in [1.82, 2.24) is 30.2 Å². The number of imidazole rings is 1. The van der Waals surface area contributed by atoms with Crippen LogP contribution in [-0.2, 0) is 13.0 Å². The van der Waals surface area contributed by atoms with Gasteiger partial charge in [-0.25, -0.2) is 9.78 Å².